The zero-order valence-corrected chi connectivity index (χ0v) is 15.3. The molecule has 1 aliphatic rings. The average molecular weight is 363 g/mol. The Morgan fingerprint density at radius 1 is 1.15 bits per heavy atom. The van der Waals surface area contributed by atoms with Crippen molar-refractivity contribution in [3.8, 4) is 0 Å². The summed E-state index contributed by atoms with van der Waals surface area (Å²) >= 11 is 0. The van der Waals surface area contributed by atoms with Gasteiger partial charge in [-0.15, -0.1) is 0 Å². The van der Waals surface area contributed by atoms with E-state index in [9.17, 15) is 19.5 Å². The lowest BCUT2D eigenvalue weighted by Crippen LogP contribution is -2.49. The van der Waals surface area contributed by atoms with Crippen molar-refractivity contribution in [3.05, 3.63) is 35.9 Å². The lowest BCUT2D eigenvalue weighted by molar-refractivity contribution is -0.167. The number of cyclic esters (lactones) is 2. The van der Waals surface area contributed by atoms with Crippen molar-refractivity contribution in [1.82, 2.24) is 4.90 Å². The van der Waals surface area contributed by atoms with Crippen molar-refractivity contribution in [2.75, 3.05) is 13.7 Å². The molecule has 0 spiro atoms. The molecule has 7 heteroatoms. The molecule has 1 saturated heterocycles. The molecule has 0 aliphatic carbocycles. The first-order valence-electron chi connectivity index (χ1n) is 8.63. The van der Waals surface area contributed by atoms with Crippen molar-refractivity contribution < 1.29 is 29.0 Å². The number of amides is 1. The molecule has 142 valence electrons. The molecule has 0 bridgehead atoms. The summed E-state index contributed by atoms with van der Waals surface area (Å²) in [5.41, 5.74) is 0.913. The Bertz CT molecular complexity index is 647. The molecule has 1 aliphatic heterocycles. The maximum Gasteiger partial charge on any atom is 0.312 e. The van der Waals surface area contributed by atoms with Crippen molar-refractivity contribution >= 4 is 17.8 Å². The maximum absolute atomic E-state index is 12.4. The summed E-state index contributed by atoms with van der Waals surface area (Å²) in [5.74, 6) is -2.36. The predicted molar refractivity (Wildman–Crippen MR) is 93.0 cm³/mol. The Morgan fingerprint density at radius 2 is 1.81 bits per heavy atom. The van der Waals surface area contributed by atoms with Gasteiger partial charge < -0.3 is 19.5 Å². The number of carbonyl (C=O) groups excluding carboxylic acids is 3. The Kier molecular flexibility index (Phi) is 6.74. The summed E-state index contributed by atoms with van der Waals surface area (Å²) in [4.78, 5) is 37.9. The van der Waals surface area contributed by atoms with E-state index < -0.39 is 48.6 Å². The van der Waals surface area contributed by atoms with E-state index in [2.05, 4.69) is 0 Å². The number of ether oxygens (including phenoxy) is 2. The fraction of sp³-hybridized carbons (Fsp3) is 0.526. The predicted octanol–water partition coefficient (Wildman–Crippen LogP) is 0.932. The van der Waals surface area contributed by atoms with E-state index in [1.165, 1.54) is 11.9 Å². The van der Waals surface area contributed by atoms with Gasteiger partial charge in [0.05, 0.1) is 24.5 Å². The van der Waals surface area contributed by atoms with Crippen LogP contribution in [0.4, 0.5) is 0 Å². The second kappa shape index (κ2) is 8.80. The molecule has 1 amide bonds. The van der Waals surface area contributed by atoms with Crippen LogP contribution in [-0.2, 0) is 30.3 Å². The molecule has 0 radical (unpaired) electrons. The molecule has 2 rings (SSSR count). The van der Waals surface area contributed by atoms with Gasteiger partial charge in [0.2, 0.25) is 0 Å². The quantitative estimate of drug-likeness (QED) is 0.786. The fourth-order valence-electron chi connectivity index (χ4n) is 2.79. The molecule has 1 aromatic rings. The summed E-state index contributed by atoms with van der Waals surface area (Å²) in [5, 5.41) is 10.6. The van der Waals surface area contributed by atoms with Gasteiger partial charge in [-0.2, -0.15) is 0 Å². The highest BCUT2D eigenvalue weighted by Crippen LogP contribution is 2.18. The Labute approximate surface area is 152 Å². The number of esters is 2. The summed E-state index contributed by atoms with van der Waals surface area (Å²) in [7, 11) is 1.52. The van der Waals surface area contributed by atoms with Crippen molar-refractivity contribution in [2.45, 2.75) is 44.9 Å². The maximum atomic E-state index is 12.4. The molecule has 26 heavy (non-hydrogen) atoms. The highest BCUT2D eigenvalue weighted by molar-refractivity contribution is 5.82. The summed E-state index contributed by atoms with van der Waals surface area (Å²) < 4.78 is 10.3. The van der Waals surface area contributed by atoms with Gasteiger partial charge in [0, 0.05) is 7.05 Å². The zero-order chi connectivity index (χ0) is 19.3. The monoisotopic (exact) mass is 363 g/mol. The van der Waals surface area contributed by atoms with E-state index in [1.54, 1.807) is 13.8 Å². The first kappa shape index (κ1) is 19.9. The summed E-state index contributed by atoms with van der Waals surface area (Å²) in [6.07, 6.45) is -1.71. The molecule has 0 unspecified atom stereocenters. The summed E-state index contributed by atoms with van der Waals surface area (Å²) in [6, 6.07) is 8.70. The lowest BCUT2D eigenvalue weighted by Gasteiger charge is -2.33. The average Bonchev–Trinajstić information content (AvgIpc) is 2.62. The first-order chi connectivity index (χ1) is 12.3. The van der Waals surface area contributed by atoms with Gasteiger partial charge in [0.1, 0.15) is 6.10 Å². The SMILES string of the molecule is C[C@@H]1C(=O)OCC(=O)N(C)[C@@H](Cc2ccccc2)[C@@H](O)CC(=O)O[C@@H]1C. The highest BCUT2D eigenvalue weighted by atomic mass is 16.6. The number of hydrogen-bond acceptors (Lipinski definition) is 6. The van der Waals surface area contributed by atoms with Crippen LogP contribution in [0.15, 0.2) is 30.3 Å². The number of nitrogens with zero attached hydrogens (tertiary/aromatic N) is 1. The van der Waals surface area contributed by atoms with Crippen molar-refractivity contribution in [3.63, 3.8) is 0 Å². The van der Waals surface area contributed by atoms with E-state index >= 15 is 0 Å². The standard InChI is InChI=1S/C19H25NO6/c1-12-13(2)26-18(23)10-16(21)15(9-14-7-5-4-6-8-14)20(3)17(22)11-25-19(12)24/h4-8,12-13,15-16,21H,9-11H2,1-3H3/t12-,13+,15-,16-/m0/s1. The fourth-order valence-corrected chi connectivity index (χ4v) is 2.79. The Balaban J connectivity index is 2.24. The Hall–Kier alpha value is -2.41. The lowest BCUT2D eigenvalue weighted by atomic mass is 9.97. The molecule has 4 atom stereocenters. The number of carbonyl (C=O) groups is 3. The second-order valence-corrected chi connectivity index (χ2v) is 6.62. The van der Waals surface area contributed by atoms with Crippen LogP contribution in [0, 0.1) is 5.92 Å². The highest BCUT2D eigenvalue weighted by Gasteiger charge is 2.33. The van der Waals surface area contributed by atoms with Gasteiger partial charge in [-0.05, 0) is 25.8 Å². The number of aliphatic hydroxyl groups is 1. The van der Waals surface area contributed by atoms with Crippen LogP contribution >= 0.6 is 0 Å². The molecular weight excluding hydrogens is 338 g/mol. The topological polar surface area (TPSA) is 93.1 Å². The largest absolute Gasteiger partial charge is 0.462 e. The minimum atomic E-state index is -1.10. The molecule has 1 heterocycles. The third-order valence-electron chi connectivity index (χ3n) is 4.73. The van der Waals surface area contributed by atoms with Gasteiger partial charge in [0.15, 0.2) is 6.61 Å². The van der Waals surface area contributed by atoms with Gasteiger partial charge >= 0.3 is 11.9 Å². The third kappa shape index (κ3) is 5.05. The van der Waals surface area contributed by atoms with Gasteiger partial charge in [-0.3, -0.25) is 14.4 Å². The molecular formula is C19H25NO6. The van der Waals surface area contributed by atoms with Crippen LogP contribution in [-0.4, -0.2) is 59.8 Å². The van der Waals surface area contributed by atoms with Crippen LogP contribution in [0.5, 0.6) is 0 Å². The number of likely N-dealkylation sites (N-methyl/N-ethyl adjacent to an activating group) is 1. The molecule has 0 saturated carbocycles. The van der Waals surface area contributed by atoms with E-state index in [-0.39, 0.29) is 6.42 Å². The number of benzene rings is 1. The Morgan fingerprint density at radius 3 is 2.46 bits per heavy atom. The van der Waals surface area contributed by atoms with Crippen molar-refractivity contribution in [1.29, 1.82) is 0 Å². The molecule has 1 N–H and O–H groups in total. The van der Waals surface area contributed by atoms with Crippen LogP contribution in [0.25, 0.3) is 0 Å². The zero-order valence-electron chi connectivity index (χ0n) is 15.3. The van der Waals surface area contributed by atoms with Crippen LogP contribution in [0.1, 0.15) is 25.8 Å². The van der Waals surface area contributed by atoms with Gasteiger partial charge in [-0.1, -0.05) is 30.3 Å². The van der Waals surface area contributed by atoms with Gasteiger partial charge in [-0.25, -0.2) is 0 Å². The number of rotatable bonds is 2. The smallest absolute Gasteiger partial charge is 0.312 e. The summed E-state index contributed by atoms with van der Waals surface area (Å²) in [6.45, 7) is 2.73. The van der Waals surface area contributed by atoms with E-state index in [0.29, 0.717) is 6.42 Å². The van der Waals surface area contributed by atoms with E-state index in [0.717, 1.165) is 5.56 Å². The normalized spacial score (nSPS) is 28.6. The second-order valence-electron chi connectivity index (χ2n) is 6.62. The minimum absolute atomic E-state index is 0.263. The minimum Gasteiger partial charge on any atom is -0.462 e. The molecule has 1 aromatic carbocycles. The van der Waals surface area contributed by atoms with Crippen LogP contribution < -0.4 is 0 Å². The van der Waals surface area contributed by atoms with Crippen LogP contribution in [0.2, 0.25) is 0 Å². The molecule has 0 aromatic heterocycles. The first-order valence-corrected chi connectivity index (χ1v) is 8.63. The molecule has 7 nitrogen and oxygen atoms in total. The van der Waals surface area contributed by atoms with Crippen molar-refractivity contribution in [2.24, 2.45) is 5.92 Å². The van der Waals surface area contributed by atoms with Gasteiger partial charge in [0.25, 0.3) is 5.91 Å². The van der Waals surface area contributed by atoms with E-state index in [4.69, 9.17) is 9.47 Å². The number of hydrogen-bond donors (Lipinski definition) is 1. The van der Waals surface area contributed by atoms with E-state index in [1.807, 2.05) is 30.3 Å². The third-order valence-corrected chi connectivity index (χ3v) is 4.73. The molecule has 1 fully saturated rings. The number of aliphatic hydroxyl groups excluding tert-OH is 1. The van der Waals surface area contributed by atoms with Crippen LogP contribution in [0.3, 0.4) is 0 Å².